The predicted molar refractivity (Wildman–Crippen MR) is 55.5 cm³/mol. The van der Waals surface area contributed by atoms with E-state index in [0.717, 1.165) is 19.4 Å². The molecule has 1 aromatic heterocycles. The van der Waals surface area contributed by atoms with E-state index < -0.39 is 0 Å². The molecule has 0 aliphatic heterocycles. The molecule has 0 saturated carbocycles. The number of alkyl halides is 1. The molecule has 1 aromatic rings. The van der Waals surface area contributed by atoms with Crippen LogP contribution >= 0.6 is 23.2 Å². The molecule has 13 heavy (non-hydrogen) atoms. The summed E-state index contributed by atoms with van der Waals surface area (Å²) >= 11 is 11.4. The SMILES string of the molecule is ClCCCCNc1ncncc1Cl. The summed E-state index contributed by atoms with van der Waals surface area (Å²) in [6, 6.07) is 0. The van der Waals surface area contributed by atoms with Gasteiger partial charge in [0.15, 0.2) is 0 Å². The topological polar surface area (TPSA) is 37.8 Å². The van der Waals surface area contributed by atoms with Crippen molar-refractivity contribution in [2.24, 2.45) is 0 Å². The Morgan fingerprint density at radius 1 is 1.38 bits per heavy atom. The highest BCUT2D eigenvalue weighted by Crippen LogP contribution is 2.15. The van der Waals surface area contributed by atoms with Crippen molar-refractivity contribution in [3.63, 3.8) is 0 Å². The quantitative estimate of drug-likeness (QED) is 0.612. The van der Waals surface area contributed by atoms with E-state index >= 15 is 0 Å². The van der Waals surface area contributed by atoms with Gasteiger partial charge < -0.3 is 5.32 Å². The molecule has 0 saturated heterocycles. The summed E-state index contributed by atoms with van der Waals surface area (Å²) in [6.45, 7) is 0.837. The van der Waals surface area contributed by atoms with Crippen molar-refractivity contribution in [2.75, 3.05) is 17.7 Å². The van der Waals surface area contributed by atoms with Crippen molar-refractivity contribution in [3.05, 3.63) is 17.5 Å². The molecule has 0 aliphatic rings. The molecule has 0 aliphatic carbocycles. The summed E-state index contributed by atoms with van der Waals surface area (Å²) in [6.07, 6.45) is 5.05. The number of hydrogen-bond acceptors (Lipinski definition) is 3. The first kappa shape index (κ1) is 10.5. The van der Waals surface area contributed by atoms with Crippen molar-refractivity contribution in [1.82, 2.24) is 9.97 Å². The van der Waals surface area contributed by atoms with Crippen LogP contribution in [0.1, 0.15) is 12.8 Å². The standard InChI is InChI=1S/C8H11Cl2N3/c9-3-1-2-4-12-8-7(10)5-11-6-13-8/h5-6H,1-4H2,(H,11,12,13). The minimum atomic E-state index is 0.549. The van der Waals surface area contributed by atoms with E-state index in [2.05, 4.69) is 15.3 Å². The van der Waals surface area contributed by atoms with Crippen LogP contribution in [-0.4, -0.2) is 22.4 Å². The van der Waals surface area contributed by atoms with Crippen molar-refractivity contribution in [1.29, 1.82) is 0 Å². The Hall–Kier alpha value is -0.540. The molecule has 0 unspecified atom stereocenters. The van der Waals surface area contributed by atoms with Crippen LogP contribution in [0.2, 0.25) is 5.02 Å². The molecule has 0 fully saturated rings. The van der Waals surface area contributed by atoms with Crippen molar-refractivity contribution in [3.8, 4) is 0 Å². The van der Waals surface area contributed by atoms with Gasteiger partial charge in [0.25, 0.3) is 0 Å². The summed E-state index contributed by atoms with van der Waals surface area (Å²) in [7, 11) is 0. The fourth-order valence-corrected chi connectivity index (χ4v) is 1.23. The fourth-order valence-electron chi connectivity index (χ4n) is 0.869. The molecule has 5 heteroatoms. The highest BCUT2D eigenvalue weighted by Gasteiger charge is 1.98. The van der Waals surface area contributed by atoms with E-state index in [1.54, 1.807) is 6.20 Å². The summed E-state index contributed by atoms with van der Waals surface area (Å²) in [5.41, 5.74) is 0. The van der Waals surface area contributed by atoms with Crippen LogP contribution < -0.4 is 5.32 Å². The smallest absolute Gasteiger partial charge is 0.148 e. The minimum Gasteiger partial charge on any atom is -0.369 e. The van der Waals surface area contributed by atoms with Gasteiger partial charge in [0.2, 0.25) is 0 Å². The summed E-state index contributed by atoms with van der Waals surface area (Å²) in [4.78, 5) is 7.77. The number of anilines is 1. The second-order valence-electron chi connectivity index (χ2n) is 2.54. The van der Waals surface area contributed by atoms with Gasteiger partial charge in [-0.3, -0.25) is 0 Å². The Morgan fingerprint density at radius 3 is 2.92 bits per heavy atom. The largest absolute Gasteiger partial charge is 0.369 e. The number of unbranched alkanes of at least 4 members (excludes halogenated alkanes) is 1. The normalized spacial score (nSPS) is 10.0. The van der Waals surface area contributed by atoms with Gasteiger partial charge in [-0.15, -0.1) is 11.6 Å². The van der Waals surface area contributed by atoms with E-state index in [1.807, 2.05) is 0 Å². The number of rotatable bonds is 5. The van der Waals surface area contributed by atoms with Crippen LogP contribution in [0, 0.1) is 0 Å². The van der Waals surface area contributed by atoms with Crippen molar-refractivity contribution in [2.45, 2.75) is 12.8 Å². The third kappa shape index (κ3) is 3.79. The van der Waals surface area contributed by atoms with Crippen LogP contribution in [0.15, 0.2) is 12.5 Å². The molecule has 0 amide bonds. The van der Waals surface area contributed by atoms with Gasteiger partial charge in [0, 0.05) is 12.4 Å². The molecule has 72 valence electrons. The minimum absolute atomic E-state index is 0.549. The summed E-state index contributed by atoms with van der Waals surface area (Å²) < 4.78 is 0. The molecule has 1 rings (SSSR count). The highest BCUT2D eigenvalue weighted by atomic mass is 35.5. The first-order valence-corrected chi connectivity index (χ1v) is 5.01. The lowest BCUT2D eigenvalue weighted by molar-refractivity contribution is 0.835. The number of nitrogens with zero attached hydrogens (tertiary/aromatic N) is 2. The number of aromatic nitrogens is 2. The Kier molecular flexibility index (Phi) is 4.86. The highest BCUT2D eigenvalue weighted by molar-refractivity contribution is 6.32. The van der Waals surface area contributed by atoms with Crippen LogP contribution in [-0.2, 0) is 0 Å². The molecule has 0 atom stereocenters. The zero-order chi connectivity index (χ0) is 9.52. The second-order valence-corrected chi connectivity index (χ2v) is 3.33. The van der Waals surface area contributed by atoms with Gasteiger partial charge in [-0.25, -0.2) is 9.97 Å². The number of halogens is 2. The van der Waals surface area contributed by atoms with Crippen molar-refractivity contribution < 1.29 is 0 Å². The van der Waals surface area contributed by atoms with Gasteiger partial charge in [-0.1, -0.05) is 11.6 Å². The number of hydrogen-bond donors (Lipinski definition) is 1. The maximum absolute atomic E-state index is 5.82. The molecule has 0 radical (unpaired) electrons. The maximum atomic E-state index is 5.82. The molecular weight excluding hydrogens is 209 g/mol. The molecular formula is C8H11Cl2N3. The second kappa shape index (κ2) is 6.00. The first-order chi connectivity index (χ1) is 6.34. The lowest BCUT2D eigenvalue weighted by Crippen LogP contribution is -2.04. The Morgan fingerprint density at radius 2 is 2.23 bits per heavy atom. The van der Waals surface area contributed by atoms with E-state index in [4.69, 9.17) is 23.2 Å². The molecule has 1 N–H and O–H groups in total. The van der Waals surface area contributed by atoms with Crippen molar-refractivity contribution >= 4 is 29.0 Å². The summed E-state index contributed by atoms with van der Waals surface area (Å²) in [5, 5.41) is 3.66. The summed E-state index contributed by atoms with van der Waals surface area (Å²) in [5.74, 6) is 1.38. The zero-order valence-electron chi connectivity index (χ0n) is 7.13. The maximum Gasteiger partial charge on any atom is 0.148 e. The average molecular weight is 220 g/mol. The fraction of sp³-hybridized carbons (Fsp3) is 0.500. The molecule has 0 bridgehead atoms. The van der Waals surface area contributed by atoms with E-state index in [1.165, 1.54) is 6.33 Å². The molecule has 0 aromatic carbocycles. The van der Waals surface area contributed by atoms with Gasteiger partial charge in [0.1, 0.15) is 17.2 Å². The van der Waals surface area contributed by atoms with Gasteiger partial charge in [-0.05, 0) is 12.8 Å². The van der Waals surface area contributed by atoms with Crippen LogP contribution in [0.4, 0.5) is 5.82 Å². The van der Waals surface area contributed by atoms with Crippen LogP contribution in [0.3, 0.4) is 0 Å². The number of nitrogens with one attached hydrogen (secondary N) is 1. The lowest BCUT2D eigenvalue weighted by Gasteiger charge is -2.04. The van der Waals surface area contributed by atoms with Gasteiger partial charge in [0.05, 0.1) is 6.20 Å². The zero-order valence-corrected chi connectivity index (χ0v) is 8.65. The molecule has 0 spiro atoms. The lowest BCUT2D eigenvalue weighted by atomic mass is 10.3. The third-order valence-corrected chi connectivity index (χ3v) is 2.06. The monoisotopic (exact) mass is 219 g/mol. The Bertz CT molecular complexity index is 255. The molecule has 1 heterocycles. The first-order valence-electron chi connectivity index (χ1n) is 4.10. The van der Waals surface area contributed by atoms with E-state index in [9.17, 15) is 0 Å². The Labute approximate surface area is 87.5 Å². The van der Waals surface area contributed by atoms with E-state index in [-0.39, 0.29) is 0 Å². The average Bonchev–Trinajstić information content (AvgIpc) is 2.15. The molecule has 3 nitrogen and oxygen atoms in total. The van der Waals surface area contributed by atoms with Crippen LogP contribution in [0.25, 0.3) is 0 Å². The third-order valence-electron chi connectivity index (χ3n) is 1.52. The van der Waals surface area contributed by atoms with Crippen LogP contribution in [0.5, 0.6) is 0 Å². The van der Waals surface area contributed by atoms with Gasteiger partial charge >= 0.3 is 0 Å². The predicted octanol–water partition coefficient (Wildman–Crippen LogP) is 2.56. The van der Waals surface area contributed by atoms with Gasteiger partial charge in [-0.2, -0.15) is 0 Å². The van der Waals surface area contributed by atoms with E-state index in [0.29, 0.717) is 16.7 Å². The Balaban J connectivity index is 2.32.